The normalized spacial score (nSPS) is 20.2. The summed E-state index contributed by atoms with van der Waals surface area (Å²) < 4.78 is 1.40. The third-order valence-electron chi connectivity index (χ3n) is 2.35. The number of amides is 1. The molecule has 1 aliphatic rings. The van der Waals surface area contributed by atoms with Gasteiger partial charge < -0.3 is 0 Å². The molecule has 1 N–H and O–H groups in total. The zero-order chi connectivity index (χ0) is 9.42. The molecule has 0 spiro atoms. The van der Waals surface area contributed by atoms with Gasteiger partial charge in [-0.15, -0.1) is 0 Å². The van der Waals surface area contributed by atoms with Crippen molar-refractivity contribution < 1.29 is 26.0 Å². The monoisotopic (exact) mass is 288 g/mol. The molecule has 0 saturated heterocycles. The van der Waals surface area contributed by atoms with Crippen LogP contribution >= 0.6 is 0 Å². The van der Waals surface area contributed by atoms with Gasteiger partial charge in [-0.1, -0.05) is 0 Å². The Morgan fingerprint density at radius 2 is 2.23 bits per heavy atom. The van der Waals surface area contributed by atoms with Crippen LogP contribution in [-0.2, 0) is 4.79 Å². The van der Waals surface area contributed by atoms with Gasteiger partial charge in [0.25, 0.3) is 0 Å². The molecule has 13 heavy (non-hydrogen) atoms. The van der Waals surface area contributed by atoms with Crippen LogP contribution in [0.2, 0.25) is 0 Å². The predicted molar refractivity (Wildman–Crippen MR) is 48.1 cm³/mol. The number of anilines is 1. The van der Waals surface area contributed by atoms with Crippen molar-refractivity contribution in [2.75, 3.05) is 10.2 Å². The van der Waals surface area contributed by atoms with Gasteiger partial charge >= 0.3 is 88.0 Å². The Balaban J connectivity index is 2.47. The molecule has 0 aliphatic carbocycles. The van der Waals surface area contributed by atoms with E-state index in [1.165, 1.54) is 9.13 Å². The van der Waals surface area contributed by atoms with Crippen molar-refractivity contribution in [3.63, 3.8) is 0 Å². The summed E-state index contributed by atoms with van der Waals surface area (Å²) in [6.07, 6.45) is 0. The van der Waals surface area contributed by atoms with E-state index in [9.17, 15) is 4.79 Å². The van der Waals surface area contributed by atoms with Crippen LogP contribution in [-0.4, -0.2) is 10.8 Å². The third-order valence-corrected chi connectivity index (χ3v) is 4.27. The molecular formula is C10H11INO-. The maximum atomic E-state index is 11.3. The van der Waals surface area contributed by atoms with E-state index in [1.807, 2.05) is 13.0 Å². The summed E-state index contributed by atoms with van der Waals surface area (Å²) in [4.78, 5) is 13.6. The van der Waals surface area contributed by atoms with E-state index < -0.39 is 0 Å². The summed E-state index contributed by atoms with van der Waals surface area (Å²) in [5.41, 5.74) is 2.17. The summed E-state index contributed by atoms with van der Waals surface area (Å²) in [6, 6.07) is 6.31. The quantitative estimate of drug-likeness (QED) is 0.501. The Kier molecular flexibility index (Phi) is 2.27. The molecule has 0 radical (unpaired) electrons. The van der Waals surface area contributed by atoms with E-state index in [0.29, 0.717) is 0 Å². The first kappa shape index (κ1) is 8.99. The number of hydrogen-bond acceptors (Lipinski definition) is 1. The number of alkyl halides is 1. The van der Waals surface area contributed by atoms with E-state index in [1.54, 1.807) is 0 Å². The van der Waals surface area contributed by atoms with Gasteiger partial charge in [0.05, 0.1) is 0 Å². The molecule has 1 heterocycles. The summed E-state index contributed by atoms with van der Waals surface area (Å²) in [5.74, 6) is 0.159. The molecule has 0 bridgehead atoms. The molecule has 1 amide bonds. The standard InChI is InChI=1S/C10H11INO/c1-6-8-5-7(11-2)3-4-9(8)12-10(6)13/h3-6H,1-2H3,(H,12,13)/q-1. The molecule has 1 aromatic rings. The average molecular weight is 288 g/mol. The Bertz CT molecular complexity index is 362. The van der Waals surface area contributed by atoms with Gasteiger partial charge in [0.15, 0.2) is 0 Å². The number of nitrogens with one attached hydrogen (secondary N) is 1. The minimum absolute atomic E-state index is 0.0329. The number of hydrogen-bond donors (Lipinski definition) is 1. The van der Waals surface area contributed by atoms with Crippen LogP contribution < -0.4 is 26.5 Å². The van der Waals surface area contributed by atoms with Crippen LogP contribution in [0.25, 0.3) is 0 Å². The van der Waals surface area contributed by atoms with Crippen molar-refractivity contribution in [1.29, 1.82) is 0 Å². The van der Waals surface area contributed by atoms with Crippen LogP contribution in [0, 0.1) is 3.57 Å². The minimum atomic E-state index is 0.0329. The van der Waals surface area contributed by atoms with Gasteiger partial charge in [-0.25, -0.2) is 0 Å². The zero-order valence-electron chi connectivity index (χ0n) is 7.60. The molecule has 1 aromatic carbocycles. The molecule has 1 unspecified atom stereocenters. The summed E-state index contributed by atoms with van der Waals surface area (Å²) >= 11 is 0.128. The van der Waals surface area contributed by atoms with E-state index >= 15 is 0 Å². The van der Waals surface area contributed by atoms with Crippen molar-refractivity contribution in [2.45, 2.75) is 12.8 Å². The SMILES string of the molecule is C[I-]c1ccc2c(c1)C(C)C(=O)N2. The van der Waals surface area contributed by atoms with Gasteiger partial charge in [-0.2, -0.15) is 0 Å². The fraction of sp³-hybridized carbons (Fsp3) is 0.300. The van der Waals surface area contributed by atoms with Crippen LogP contribution in [0.4, 0.5) is 5.69 Å². The van der Waals surface area contributed by atoms with Crippen molar-refractivity contribution in [1.82, 2.24) is 0 Å². The van der Waals surface area contributed by atoms with Gasteiger partial charge in [0.2, 0.25) is 0 Å². The van der Waals surface area contributed by atoms with Crippen LogP contribution in [0.1, 0.15) is 18.4 Å². The van der Waals surface area contributed by atoms with Crippen LogP contribution in [0.5, 0.6) is 0 Å². The Morgan fingerprint density at radius 1 is 1.46 bits per heavy atom. The van der Waals surface area contributed by atoms with Crippen molar-refractivity contribution in [2.24, 2.45) is 0 Å². The van der Waals surface area contributed by atoms with Gasteiger partial charge in [0.1, 0.15) is 0 Å². The number of halogens is 1. The van der Waals surface area contributed by atoms with E-state index in [4.69, 9.17) is 0 Å². The topological polar surface area (TPSA) is 29.1 Å². The fourth-order valence-electron chi connectivity index (χ4n) is 1.51. The van der Waals surface area contributed by atoms with Crippen molar-refractivity contribution in [3.8, 4) is 0 Å². The molecule has 1 aliphatic heterocycles. The van der Waals surface area contributed by atoms with E-state index in [0.717, 1.165) is 5.69 Å². The first-order chi connectivity index (χ1) is 6.22. The Hall–Kier alpha value is -0.580. The average Bonchev–Trinajstić information content (AvgIpc) is 2.43. The number of fused-ring (bicyclic) bond motifs is 1. The van der Waals surface area contributed by atoms with Crippen LogP contribution in [0.3, 0.4) is 0 Å². The van der Waals surface area contributed by atoms with E-state index in [2.05, 4.69) is 22.4 Å². The van der Waals surface area contributed by atoms with Gasteiger partial charge in [-0.3, -0.25) is 0 Å². The predicted octanol–water partition coefficient (Wildman–Crippen LogP) is -1.37. The summed E-state index contributed by atoms with van der Waals surface area (Å²) in [7, 11) is 0. The first-order valence-corrected chi connectivity index (χ1v) is 7.40. The summed E-state index contributed by atoms with van der Waals surface area (Å²) in [6.45, 7) is 1.96. The third kappa shape index (κ3) is 1.45. The first-order valence-electron chi connectivity index (χ1n) is 4.16. The molecule has 1 atom stereocenters. The zero-order valence-corrected chi connectivity index (χ0v) is 9.75. The molecule has 0 aromatic heterocycles. The fourth-order valence-corrected chi connectivity index (χ4v) is 2.69. The van der Waals surface area contributed by atoms with Crippen molar-refractivity contribution >= 4 is 11.6 Å². The molecule has 70 valence electrons. The second-order valence-electron chi connectivity index (χ2n) is 3.13. The number of benzene rings is 1. The molecule has 2 rings (SSSR count). The summed E-state index contributed by atoms with van der Waals surface area (Å²) in [5, 5.41) is 2.87. The van der Waals surface area contributed by atoms with Crippen LogP contribution in [0.15, 0.2) is 18.2 Å². The molecular weight excluding hydrogens is 277 g/mol. The second-order valence-corrected chi connectivity index (χ2v) is 5.46. The molecule has 2 nitrogen and oxygen atoms in total. The molecule has 3 heteroatoms. The second kappa shape index (κ2) is 3.29. The Labute approximate surface area is 88.0 Å². The molecule has 0 fully saturated rings. The van der Waals surface area contributed by atoms with Crippen molar-refractivity contribution in [3.05, 3.63) is 27.3 Å². The molecule has 0 saturated carbocycles. The van der Waals surface area contributed by atoms with Gasteiger partial charge in [0, 0.05) is 0 Å². The van der Waals surface area contributed by atoms with Gasteiger partial charge in [-0.05, 0) is 0 Å². The number of carbonyl (C=O) groups excluding carboxylic acids is 1. The Morgan fingerprint density at radius 3 is 2.92 bits per heavy atom. The maximum absolute atomic E-state index is 11.3. The number of carbonyl (C=O) groups is 1. The number of rotatable bonds is 1. The van der Waals surface area contributed by atoms with E-state index in [-0.39, 0.29) is 33.0 Å².